The highest BCUT2D eigenvalue weighted by Gasteiger charge is 2.15. The van der Waals surface area contributed by atoms with Crippen LogP contribution < -0.4 is 11.6 Å². The van der Waals surface area contributed by atoms with Gasteiger partial charge >= 0.3 is 0 Å². The van der Waals surface area contributed by atoms with Gasteiger partial charge in [-0.05, 0) is 25.0 Å². The third-order valence-electron chi connectivity index (χ3n) is 2.79. The van der Waals surface area contributed by atoms with Gasteiger partial charge in [0.1, 0.15) is 11.5 Å². The molecule has 0 aliphatic heterocycles. The van der Waals surface area contributed by atoms with Crippen LogP contribution in [-0.2, 0) is 6.42 Å². The molecule has 2 aromatic heterocycles. The van der Waals surface area contributed by atoms with Gasteiger partial charge in [-0.3, -0.25) is 4.98 Å². The average molecular weight is 231 g/mol. The molecule has 2 heterocycles. The molecule has 0 aliphatic rings. The van der Waals surface area contributed by atoms with Crippen LogP contribution in [0.25, 0.3) is 11.3 Å². The second-order valence-electron chi connectivity index (χ2n) is 4.07. The van der Waals surface area contributed by atoms with E-state index < -0.39 is 0 Å². The molecule has 90 valence electrons. The molecule has 0 fully saturated rings. The number of hydrogen-bond acceptors (Lipinski definition) is 4. The van der Waals surface area contributed by atoms with Crippen LogP contribution in [0.15, 0.2) is 18.5 Å². The lowest BCUT2D eigenvalue weighted by Crippen LogP contribution is -2.15. The second-order valence-corrected chi connectivity index (χ2v) is 4.07. The number of anilines is 1. The fraction of sp³-hybridized carbons (Fsp3) is 0.333. The van der Waals surface area contributed by atoms with E-state index in [9.17, 15) is 0 Å². The molecule has 0 radical (unpaired) electrons. The number of aryl methyl sites for hydroxylation is 2. The van der Waals surface area contributed by atoms with Crippen LogP contribution >= 0.6 is 0 Å². The van der Waals surface area contributed by atoms with Gasteiger partial charge in [-0.25, -0.2) is 9.66 Å². The summed E-state index contributed by atoms with van der Waals surface area (Å²) in [5.41, 5.74) is 8.73. The average Bonchev–Trinajstić information content (AvgIpc) is 2.59. The van der Waals surface area contributed by atoms with Crippen molar-refractivity contribution in [1.29, 1.82) is 0 Å². The molecule has 0 aromatic carbocycles. The van der Waals surface area contributed by atoms with E-state index >= 15 is 0 Å². The highest BCUT2D eigenvalue weighted by molar-refractivity contribution is 5.72. The number of nitrogens with zero attached hydrogens (tertiary/aromatic N) is 3. The van der Waals surface area contributed by atoms with Gasteiger partial charge in [0.15, 0.2) is 5.82 Å². The SMILES string of the molecule is CCCc1nc(-c2cnccc2C)c(N)n1N. The summed E-state index contributed by atoms with van der Waals surface area (Å²) >= 11 is 0. The summed E-state index contributed by atoms with van der Waals surface area (Å²) in [7, 11) is 0. The van der Waals surface area contributed by atoms with Gasteiger partial charge in [0.25, 0.3) is 0 Å². The third kappa shape index (κ3) is 1.95. The largest absolute Gasteiger partial charge is 0.382 e. The maximum absolute atomic E-state index is 5.98. The first kappa shape index (κ1) is 11.4. The summed E-state index contributed by atoms with van der Waals surface area (Å²) in [6.07, 6.45) is 5.32. The molecule has 5 heteroatoms. The van der Waals surface area contributed by atoms with Crippen molar-refractivity contribution in [1.82, 2.24) is 14.6 Å². The number of rotatable bonds is 3. The number of pyridine rings is 1. The topological polar surface area (TPSA) is 82.8 Å². The standard InChI is InChI=1S/C12H17N5/c1-3-4-10-16-11(12(13)17(10)14)9-7-15-6-5-8(9)2/h5-7H,3-4,13-14H2,1-2H3. The van der Waals surface area contributed by atoms with Crippen LogP contribution in [0.3, 0.4) is 0 Å². The molecule has 17 heavy (non-hydrogen) atoms. The van der Waals surface area contributed by atoms with Gasteiger partial charge in [0.05, 0.1) is 0 Å². The normalized spacial score (nSPS) is 10.7. The van der Waals surface area contributed by atoms with E-state index in [-0.39, 0.29) is 0 Å². The fourth-order valence-electron chi connectivity index (χ4n) is 1.80. The van der Waals surface area contributed by atoms with E-state index in [1.165, 1.54) is 4.68 Å². The Bertz CT molecular complexity index is 530. The van der Waals surface area contributed by atoms with E-state index in [4.69, 9.17) is 11.6 Å². The van der Waals surface area contributed by atoms with Crippen molar-refractivity contribution in [3.8, 4) is 11.3 Å². The number of nitrogen functional groups attached to an aromatic ring is 2. The zero-order valence-electron chi connectivity index (χ0n) is 10.1. The van der Waals surface area contributed by atoms with Gasteiger partial charge in [0.2, 0.25) is 0 Å². The summed E-state index contributed by atoms with van der Waals surface area (Å²) in [5, 5.41) is 0. The van der Waals surface area contributed by atoms with Gasteiger partial charge < -0.3 is 11.6 Å². The van der Waals surface area contributed by atoms with Gasteiger partial charge in [-0.2, -0.15) is 0 Å². The molecule has 2 aromatic rings. The first-order valence-electron chi connectivity index (χ1n) is 5.68. The summed E-state index contributed by atoms with van der Waals surface area (Å²) < 4.78 is 1.46. The lowest BCUT2D eigenvalue weighted by Gasteiger charge is -2.02. The van der Waals surface area contributed by atoms with E-state index in [1.54, 1.807) is 12.4 Å². The minimum absolute atomic E-state index is 0.490. The molecule has 2 rings (SSSR count). The first-order valence-corrected chi connectivity index (χ1v) is 5.68. The maximum Gasteiger partial charge on any atom is 0.150 e. The highest BCUT2D eigenvalue weighted by atomic mass is 15.4. The lowest BCUT2D eigenvalue weighted by atomic mass is 10.1. The molecular formula is C12H17N5. The Hall–Kier alpha value is -2.04. The summed E-state index contributed by atoms with van der Waals surface area (Å²) in [6.45, 7) is 4.09. The second kappa shape index (κ2) is 4.45. The molecule has 0 saturated carbocycles. The predicted octanol–water partition coefficient (Wildman–Crippen LogP) is 1.50. The Morgan fingerprint density at radius 1 is 1.41 bits per heavy atom. The first-order chi connectivity index (χ1) is 8.15. The van der Waals surface area contributed by atoms with Gasteiger partial charge in [0, 0.05) is 24.4 Å². The van der Waals surface area contributed by atoms with Gasteiger partial charge in [-0.15, -0.1) is 0 Å². The lowest BCUT2D eigenvalue weighted by molar-refractivity contribution is 0.794. The van der Waals surface area contributed by atoms with Crippen LogP contribution in [0, 0.1) is 6.92 Å². The van der Waals surface area contributed by atoms with E-state index in [0.29, 0.717) is 5.82 Å². The van der Waals surface area contributed by atoms with Crippen LogP contribution in [0.1, 0.15) is 24.7 Å². The molecule has 0 bridgehead atoms. The molecule has 0 atom stereocenters. The van der Waals surface area contributed by atoms with Crippen molar-refractivity contribution in [2.45, 2.75) is 26.7 Å². The highest BCUT2D eigenvalue weighted by Crippen LogP contribution is 2.27. The van der Waals surface area contributed by atoms with Crippen LogP contribution in [0.4, 0.5) is 5.82 Å². The minimum atomic E-state index is 0.490. The van der Waals surface area contributed by atoms with E-state index in [0.717, 1.165) is 35.5 Å². The predicted molar refractivity (Wildman–Crippen MR) is 68.8 cm³/mol. The molecule has 4 N–H and O–H groups in total. The number of aromatic nitrogens is 3. The Morgan fingerprint density at radius 3 is 2.82 bits per heavy atom. The Balaban J connectivity index is 2.53. The number of nitrogens with two attached hydrogens (primary N) is 2. The summed E-state index contributed by atoms with van der Waals surface area (Å²) in [5.74, 6) is 7.18. The van der Waals surface area contributed by atoms with Crippen LogP contribution in [0.5, 0.6) is 0 Å². The Labute approximate surface area is 100 Å². The molecule has 5 nitrogen and oxygen atoms in total. The Morgan fingerprint density at radius 2 is 2.18 bits per heavy atom. The Kier molecular flexibility index (Phi) is 2.99. The monoisotopic (exact) mass is 231 g/mol. The number of hydrogen-bond donors (Lipinski definition) is 2. The van der Waals surface area contributed by atoms with Crippen molar-refractivity contribution in [2.24, 2.45) is 0 Å². The molecule has 0 spiro atoms. The van der Waals surface area contributed by atoms with Gasteiger partial charge in [-0.1, -0.05) is 6.92 Å². The van der Waals surface area contributed by atoms with Crippen molar-refractivity contribution in [2.75, 3.05) is 11.6 Å². The van der Waals surface area contributed by atoms with E-state index in [1.807, 2.05) is 13.0 Å². The van der Waals surface area contributed by atoms with Crippen molar-refractivity contribution < 1.29 is 0 Å². The number of imidazole rings is 1. The van der Waals surface area contributed by atoms with Crippen molar-refractivity contribution >= 4 is 5.82 Å². The molecule has 0 aliphatic carbocycles. The van der Waals surface area contributed by atoms with Crippen molar-refractivity contribution in [3.63, 3.8) is 0 Å². The van der Waals surface area contributed by atoms with Crippen molar-refractivity contribution in [3.05, 3.63) is 29.8 Å². The maximum atomic E-state index is 5.98. The van der Waals surface area contributed by atoms with E-state index in [2.05, 4.69) is 16.9 Å². The minimum Gasteiger partial charge on any atom is -0.382 e. The third-order valence-corrected chi connectivity index (χ3v) is 2.79. The molecule has 0 amide bonds. The van der Waals surface area contributed by atoms with Crippen LogP contribution in [-0.4, -0.2) is 14.6 Å². The smallest absolute Gasteiger partial charge is 0.150 e. The zero-order valence-corrected chi connectivity index (χ0v) is 10.1. The molecule has 0 unspecified atom stereocenters. The fourth-order valence-corrected chi connectivity index (χ4v) is 1.80. The molecular weight excluding hydrogens is 214 g/mol. The quantitative estimate of drug-likeness (QED) is 0.784. The molecule has 0 saturated heterocycles. The zero-order chi connectivity index (χ0) is 12.4. The summed E-state index contributed by atoms with van der Waals surface area (Å²) in [6, 6.07) is 1.93. The summed E-state index contributed by atoms with van der Waals surface area (Å²) in [4.78, 5) is 8.61. The van der Waals surface area contributed by atoms with Crippen LogP contribution in [0.2, 0.25) is 0 Å².